The zero-order valence-corrected chi connectivity index (χ0v) is 9.09. The van der Waals surface area contributed by atoms with Gasteiger partial charge >= 0.3 is 0 Å². The molecule has 0 radical (unpaired) electrons. The summed E-state index contributed by atoms with van der Waals surface area (Å²) in [5.41, 5.74) is 6.73. The number of Topliss-reactive ketones (excluding diaryl/α,β-unsaturated/α-hetero) is 1. The Morgan fingerprint density at radius 3 is 2.86 bits per heavy atom. The van der Waals surface area contributed by atoms with Crippen LogP contribution in [0.2, 0.25) is 0 Å². The van der Waals surface area contributed by atoms with Crippen LogP contribution >= 0.6 is 0 Å². The Balaban J connectivity index is 2.58. The summed E-state index contributed by atoms with van der Waals surface area (Å²) in [5.74, 6) is 0.175. The van der Waals surface area contributed by atoms with Gasteiger partial charge in [0.05, 0.1) is 6.04 Å². The highest BCUT2D eigenvalue weighted by Gasteiger charge is 2.16. The first-order valence-electron chi connectivity index (χ1n) is 5.74. The fourth-order valence-electron chi connectivity index (χ4n) is 1.84. The molecule has 0 bridgehead atoms. The monoisotopic (exact) mass is 195 g/mol. The van der Waals surface area contributed by atoms with Gasteiger partial charge in [0.15, 0.2) is 5.78 Å². The summed E-state index contributed by atoms with van der Waals surface area (Å²) >= 11 is 0. The second-order valence-electron chi connectivity index (χ2n) is 4.06. The zero-order valence-electron chi connectivity index (χ0n) is 9.09. The third kappa shape index (κ3) is 3.26. The highest BCUT2D eigenvalue weighted by Crippen LogP contribution is 2.18. The van der Waals surface area contributed by atoms with E-state index in [-0.39, 0.29) is 11.8 Å². The molecule has 1 aliphatic rings. The molecule has 0 saturated heterocycles. The van der Waals surface area contributed by atoms with Gasteiger partial charge < -0.3 is 5.73 Å². The molecule has 1 aliphatic carbocycles. The van der Waals surface area contributed by atoms with Gasteiger partial charge in [-0.1, -0.05) is 25.8 Å². The Morgan fingerprint density at radius 2 is 2.14 bits per heavy atom. The van der Waals surface area contributed by atoms with E-state index in [2.05, 4.69) is 6.08 Å². The fraction of sp³-hybridized carbons (Fsp3) is 0.750. The Hall–Kier alpha value is -0.630. The van der Waals surface area contributed by atoms with E-state index in [0.717, 1.165) is 31.3 Å². The molecule has 1 unspecified atom stereocenters. The Morgan fingerprint density at radius 1 is 1.43 bits per heavy atom. The van der Waals surface area contributed by atoms with Crippen LogP contribution in [0.25, 0.3) is 0 Å². The van der Waals surface area contributed by atoms with E-state index < -0.39 is 0 Å². The maximum absolute atomic E-state index is 11.8. The van der Waals surface area contributed by atoms with Gasteiger partial charge in [-0.2, -0.15) is 0 Å². The number of ketones is 1. The van der Waals surface area contributed by atoms with E-state index in [9.17, 15) is 4.79 Å². The van der Waals surface area contributed by atoms with E-state index in [1.807, 2.05) is 6.92 Å². The molecule has 0 aromatic carbocycles. The summed E-state index contributed by atoms with van der Waals surface area (Å²) in [7, 11) is 0. The van der Waals surface area contributed by atoms with Crippen molar-refractivity contribution in [3.63, 3.8) is 0 Å². The van der Waals surface area contributed by atoms with Crippen LogP contribution in [0, 0.1) is 0 Å². The molecule has 2 nitrogen and oxygen atoms in total. The molecule has 1 atom stereocenters. The summed E-state index contributed by atoms with van der Waals surface area (Å²) in [5, 5.41) is 0. The Bertz CT molecular complexity index is 220. The number of rotatable bonds is 3. The highest BCUT2D eigenvalue weighted by molar-refractivity contribution is 5.99. The summed E-state index contributed by atoms with van der Waals surface area (Å²) in [4.78, 5) is 11.8. The van der Waals surface area contributed by atoms with Crippen LogP contribution in [0.3, 0.4) is 0 Å². The molecule has 0 amide bonds. The summed E-state index contributed by atoms with van der Waals surface area (Å²) in [6.45, 7) is 1.96. The molecule has 14 heavy (non-hydrogen) atoms. The predicted octanol–water partition coefficient (Wildman–Crippen LogP) is 2.57. The van der Waals surface area contributed by atoms with Crippen molar-refractivity contribution in [1.29, 1.82) is 0 Å². The lowest BCUT2D eigenvalue weighted by atomic mass is 9.94. The van der Waals surface area contributed by atoms with Crippen LogP contribution in [0.5, 0.6) is 0 Å². The van der Waals surface area contributed by atoms with Gasteiger partial charge in [-0.25, -0.2) is 0 Å². The van der Waals surface area contributed by atoms with E-state index in [0.29, 0.717) is 0 Å². The molecule has 0 spiro atoms. The van der Waals surface area contributed by atoms with Crippen molar-refractivity contribution in [2.75, 3.05) is 0 Å². The van der Waals surface area contributed by atoms with Crippen molar-refractivity contribution in [2.24, 2.45) is 5.73 Å². The van der Waals surface area contributed by atoms with Crippen LogP contribution in [0.1, 0.15) is 51.9 Å². The molecule has 2 heteroatoms. The second kappa shape index (κ2) is 5.97. The molecular weight excluding hydrogens is 174 g/mol. The minimum atomic E-state index is -0.277. The molecule has 0 fully saturated rings. The van der Waals surface area contributed by atoms with Crippen LogP contribution in [-0.2, 0) is 4.79 Å². The second-order valence-corrected chi connectivity index (χ2v) is 4.06. The smallest absolute Gasteiger partial charge is 0.175 e. The van der Waals surface area contributed by atoms with Gasteiger partial charge in [0.25, 0.3) is 0 Å². The van der Waals surface area contributed by atoms with Crippen LogP contribution in [-0.4, -0.2) is 11.8 Å². The Kier molecular flexibility index (Phi) is 4.88. The van der Waals surface area contributed by atoms with Gasteiger partial charge in [0, 0.05) is 0 Å². The molecule has 80 valence electrons. The van der Waals surface area contributed by atoms with Crippen molar-refractivity contribution in [3.05, 3.63) is 11.6 Å². The molecule has 0 heterocycles. The summed E-state index contributed by atoms with van der Waals surface area (Å²) in [6.07, 6.45) is 9.77. The highest BCUT2D eigenvalue weighted by atomic mass is 16.1. The molecule has 0 aromatic rings. The minimum absolute atomic E-state index is 0.175. The van der Waals surface area contributed by atoms with E-state index >= 15 is 0 Å². The molecular formula is C12H21NO. The molecule has 0 aromatic heterocycles. The van der Waals surface area contributed by atoms with Crippen molar-refractivity contribution in [1.82, 2.24) is 0 Å². The number of allylic oxidation sites excluding steroid dienone is 1. The molecule has 0 saturated carbocycles. The maximum Gasteiger partial charge on any atom is 0.175 e. The molecule has 1 rings (SSSR count). The SMILES string of the molecule is CCC(N)C(=O)C1=CCCCCCC1. The van der Waals surface area contributed by atoms with Crippen molar-refractivity contribution in [2.45, 2.75) is 57.9 Å². The van der Waals surface area contributed by atoms with Gasteiger partial charge in [-0.05, 0) is 37.7 Å². The standard InChI is InChI=1S/C12H21NO/c1-2-11(13)12(14)10-8-6-4-3-5-7-9-10/h8,11H,2-7,9,13H2,1H3. The number of hydrogen-bond donors (Lipinski definition) is 1. The normalized spacial score (nSPS) is 20.6. The lowest BCUT2D eigenvalue weighted by Gasteiger charge is -2.13. The third-order valence-corrected chi connectivity index (χ3v) is 2.88. The molecule has 2 N–H and O–H groups in total. The van der Waals surface area contributed by atoms with Gasteiger partial charge in [-0.3, -0.25) is 4.79 Å². The lowest BCUT2D eigenvalue weighted by molar-refractivity contribution is -0.117. The maximum atomic E-state index is 11.8. The van der Waals surface area contributed by atoms with Crippen LogP contribution in [0.15, 0.2) is 11.6 Å². The van der Waals surface area contributed by atoms with Gasteiger partial charge in [0.1, 0.15) is 0 Å². The van der Waals surface area contributed by atoms with Crippen molar-refractivity contribution in [3.8, 4) is 0 Å². The number of hydrogen-bond acceptors (Lipinski definition) is 2. The average molecular weight is 195 g/mol. The fourth-order valence-corrected chi connectivity index (χ4v) is 1.84. The average Bonchev–Trinajstić information content (AvgIpc) is 2.15. The summed E-state index contributed by atoms with van der Waals surface area (Å²) < 4.78 is 0. The lowest BCUT2D eigenvalue weighted by Crippen LogP contribution is -2.30. The summed E-state index contributed by atoms with van der Waals surface area (Å²) in [6, 6.07) is -0.277. The predicted molar refractivity (Wildman–Crippen MR) is 59.1 cm³/mol. The zero-order chi connectivity index (χ0) is 10.4. The third-order valence-electron chi connectivity index (χ3n) is 2.88. The van der Waals surface area contributed by atoms with Gasteiger partial charge in [0.2, 0.25) is 0 Å². The quantitative estimate of drug-likeness (QED) is 0.752. The van der Waals surface area contributed by atoms with E-state index in [1.54, 1.807) is 0 Å². The van der Waals surface area contributed by atoms with E-state index in [4.69, 9.17) is 5.73 Å². The topological polar surface area (TPSA) is 43.1 Å². The largest absolute Gasteiger partial charge is 0.321 e. The van der Waals surface area contributed by atoms with Crippen LogP contribution in [0.4, 0.5) is 0 Å². The van der Waals surface area contributed by atoms with Crippen LogP contribution < -0.4 is 5.73 Å². The van der Waals surface area contributed by atoms with E-state index in [1.165, 1.54) is 19.3 Å². The number of carbonyl (C=O) groups excluding carboxylic acids is 1. The number of carbonyl (C=O) groups is 1. The molecule has 0 aliphatic heterocycles. The van der Waals surface area contributed by atoms with Crippen molar-refractivity contribution < 1.29 is 4.79 Å². The minimum Gasteiger partial charge on any atom is -0.321 e. The first-order chi connectivity index (χ1) is 6.75. The Labute approximate surface area is 86.6 Å². The number of nitrogens with two attached hydrogens (primary N) is 1. The van der Waals surface area contributed by atoms with Crippen molar-refractivity contribution >= 4 is 5.78 Å². The first kappa shape index (κ1) is 11.4. The van der Waals surface area contributed by atoms with Gasteiger partial charge in [-0.15, -0.1) is 0 Å². The first-order valence-corrected chi connectivity index (χ1v) is 5.74.